The van der Waals surface area contributed by atoms with Gasteiger partial charge in [0.15, 0.2) is 0 Å². The second-order valence-electron chi connectivity index (χ2n) is 8.94. The maximum atomic E-state index is 13.6. The van der Waals surface area contributed by atoms with Crippen LogP contribution < -0.4 is 10.9 Å². The Morgan fingerprint density at radius 2 is 1.94 bits per heavy atom. The summed E-state index contributed by atoms with van der Waals surface area (Å²) in [4.78, 5) is 25.1. The van der Waals surface area contributed by atoms with Crippen molar-refractivity contribution in [3.05, 3.63) is 63.6 Å². The molecule has 0 unspecified atom stereocenters. The molecule has 1 N–H and O–H groups in total. The Morgan fingerprint density at radius 1 is 1.16 bits per heavy atom. The Kier molecular flexibility index (Phi) is 6.66. The number of hydrogen-bond acceptors (Lipinski definition) is 5. The lowest BCUT2D eigenvalue weighted by molar-refractivity contribution is 0.405. The van der Waals surface area contributed by atoms with E-state index in [0.29, 0.717) is 12.4 Å². The van der Waals surface area contributed by atoms with Gasteiger partial charge in [0, 0.05) is 36.2 Å². The lowest BCUT2D eigenvalue weighted by Gasteiger charge is -2.19. The Hall–Kier alpha value is -2.73. The van der Waals surface area contributed by atoms with Crippen LogP contribution >= 0.6 is 0 Å². The smallest absolute Gasteiger partial charge is 0.256 e. The first-order valence-corrected chi connectivity index (χ1v) is 11.4. The lowest BCUT2D eigenvalue weighted by Crippen LogP contribution is -2.28. The zero-order chi connectivity index (χ0) is 21.8. The van der Waals surface area contributed by atoms with Crippen LogP contribution in [0.15, 0.2) is 41.3 Å². The average molecular weight is 420 g/mol. The molecule has 31 heavy (non-hydrogen) atoms. The molecule has 0 aliphatic heterocycles. The first-order valence-electron chi connectivity index (χ1n) is 11.4. The summed E-state index contributed by atoms with van der Waals surface area (Å²) in [5.74, 6) is 0.601. The molecule has 1 fully saturated rings. The number of rotatable bonds is 8. The minimum atomic E-state index is 0.0971. The van der Waals surface area contributed by atoms with Crippen molar-refractivity contribution in [1.82, 2.24) is 19.4 Å². The normalized spacial score (nSPS) is 14.6. The van der Waals surface area contributed by atoms with Crippen molar-refractivity contribution in [2.75, 3.05) is 32.5 Å². The standard InChI is InChI=1S/C25H33N5O/c1-18-9-4-5-10-19(18)15-20-16-21-17-27-25(26-13-8-14-29(2)3)28-23(21)30(24(20)31)22-11-6-7-12-22/h4-5,9-10,16-17,22H,6-8,11-15H2,1-3H3,(H,26,27,28). The summed E-state index contributed by atoms with van der Waals surface area (Å²) >= 11 is 0. The Bertz CT molecular complexity index is 1100. The van der Waals surface area contributed by atoms with Gasteiger partial charge in [-0.3, -0.25) is 9.36 Å². The third kappa shape index (κ3) is 4.96. The summed E-state index contributed by atoms with van der Waals surface area (Å²) in [7, 11) is 4.14. The highest BCUT2D eigenvalue weighted by molar-refractivity contribution is 5.76. The molecule has 1 aliphatic carbocycles. The van der Waals surface area contributed by atoms with Gasteiger partial charge < -0.3 is 10.2 Å². The van der Waals surface area contributed by atoms with Crippen LogP contribution in [-0.4, -0.2) is 46.6 Å². The van der Waals surface area contributed by atoms with E-state index in [1.165, 1.54) is 24.0 Å². The molecule has 6 nitrogen and oxygen atoms in total. The van der Waals surface area contributed by atoms with Crippen LogP contribution in [0.1, 0.15) is 54.8 Å². The molecule has 6 heteroatoms. The molecule has 0 atom stereocenters. The van der Waals surface area contributed by atoms with Crippen LogP contribution in [0.25, 0.3) is 11.0 Å². The Labute approximate surface area is 184 Å². The van der Waals surface area contributed by atoms with Crippen molar-refractivity contribution in [2.24, 2.45) is 0 Å². The van der Waals surface area contributed by atoms with E-state index in [-0.39, 0.29) is 11.6 Å². The van der Waals surface area contributed by atoms with Gasteiger partial charge in [-0.05, 0) is 64.0 Å². The van der Waals surface area contributed by atoms with E-state index in [0.717, 1.165) is 48.9 Å². The van der Waals surface area contributed by atoms with Gasteiger partial charge >= 0.3 is 0 Å². The molecule has 0 saturated heterocycles. The van der Waals surface area contributed by atoms with E-state index >= 15 is 0 Å². The van der Waals surface area contributed by atoms with E-state index in [1.807, 2.05) is 29.0 Å². The molecular weight excluding hydrogens is 386 g/mol. The fourth-order valence-corrected chi connectivity index (χ4v) is 4.50. The van der Waals surface area contributed by atoms with Gasteiger partial charge in [0.05, 0.1) is 0 Å². The summed E-state index contributed by atoms with van der Waals surface area (Å²) in [6.07, 6.45) is 7.93. The van der Waals surface area contributed by atoms with Crippen LogP contribution in [-0.2, 0) is 6.42 Å². The first-order chi connectivity index (χ1) is 15.0. The summed E-state index contributed by atoms with van der Waals surface area (Å²) in [5.41, 5.74) is 4.08. The zero-order valence-corrected chi connectivity index (χ0v) is 18.9. The number of benzene rings is 1. The molecule has 1 aromatic carbocycles. The number of nitrogens with one attached hydrogen (secondary N) is 1. The third-order valence-corrected chi connectivity index (χ3v) is 6.24. The van der Waals surface area contributed by atoms with Crippen LogP contribution in [0.3, 0.4) is 0 Å². The summed E-state index contributed by atoms with van der Waals surface area (Å²) < 4.78 is 1.96. The summed E-state index contributed by atoms with van der Waals surface area (Å²) in [6, 6.07) is 10.5. The number of pyridine rings is 1. The van der Waals surface area contributed by atoms with Gasteiger partial charge in [-0.15, -0.1) is 0 Å². The Balaban J connectivity index is 1.71. The highest BCUT2D eigenvalue weighted by atomic mass is 16.1. The Morgan fingerprint density at radius 3 is 2.68 bits per heavy atom. The van der Waals surface area contributed by atoms with Crippen LogP contribution in [0.4, 0.5) is 5.95 Å². The molecule has 164 valence electrons. The average Bonchev–Trinajstić information content (AvgIpc) is 3.27. The van der Waals surface area contributed by atoms with Gasteiger partial charge in [0.1, 0.15) is 5.65 Å². The maximum Gasteiger partial charge on any atom is 0.256 e. The highest BCUT2D eigenvalue weighted by Crippen LogP contribution is 2.31. The topological polar surface area (TPSA) is 63.1 Å². The van der Waals surface area contributed by atoms with Gasteiger partial charge in [-0.1, -0.05) is 37.1 Å². The molecule has 1 aliphatic rings. The number of aryl methyl sites for hydroxylation is 1. The molecule has 1 saturated carbocycles. The molecule has 0 amide bonds. The summed E-state index contributed by atoms with van der Waals surface area (Å²) in [6.45, 7) is 3.92. The number of aromatic nitrogens is 3. The molecule has 4 rings (SSSR count). The lowest BCUT2D eigenvalue weighted by atomic mass is 10.0. The first kappa shape index (κ1) is 21.5. The monoisotopic (exact) mass is 419 g/mol. The van der Waals surface area contributed by atoms with E-state index in [2.05, 4.69) is 48.4 Å². The van der Waals surface area contributed by atoms with Crippen molar-refractivity contribution in [1.29, 1.82) is 0 Å². The van der Waals surface area contributed by atoms with Gasteiger partial charge in [-0.2, -0.15) is 4.98 Å². The molecule has 3 aromatic rings. The fraction of sp³-hybridized carbons (Fsp3) is 0.480. The van der Waals surface area contributed by atoms with Gasteiger partial charge in [0.25, 0.3) is 5.56 Å². The van der Waals surface area contributed by atoms with Crippen molar-refractivity contribution in [3.8, 4) is 0 Å². The number of fused-ring (bicyclic) bond motifs is 1. The van der Waals surface area contributed by atoms with Gasteiger partial charge in [0.2, 0.25) is 5.95 Å². The van der Waals surface area contributed by atoms with E-state index in [4.69, 9.17) is 4.98 Å². The SMILES string of the molecule is Cc1ccccc1Cc1cc2cnc(NCCCN(C)C)nc2n(C2CCCC2)c1=O. The summed E-state index contributed by atoms with van der Waals surface area (Å²) in [5, 5.41) is 4.27. The molecule has 0 bridgehead atoms. The largest absolute Gasteiger partial charge is 0.354 e. The predicted octanol–water partition coefficient (Wildman–Crippen LogP) is 4.17. The van der Waals surface area contributed by atoms with Crippen molar-refractivity contribution < 1.29 is 0 Å². The fourth-order valence-electron chi connectivity index (χ4n) is 4.50. The van der Waals surface area contributed by atoms with Gasteiger partial charge in [-0.25, -0.2) is 4.98 Å². The minimum absolute atomic E-state index is 0.0971. The second-order valence-corrected chi connectivity index (χ2v) is 8.94. The molecule has 0 spiro atoms. The van der Waals surface area contributed by atoms with Crippen molar-refractivity contribution >= 4 is 17.0 Å². The number of nitrogens with zero attached hydrogens (tertiary/aromatic N) is 4. The van der Waals surface area contributed by atoms with Crippen LogP contribution in [0.2, 0.25) is 0 Å². The van der Waals surface area contributed by atoms with Crippen LogP contribution in [0, 0.1) is 6.92 Å². The zero-order valence-electron chi connectivity index (χ0n) is 18.9. The predicted molar refractivity (Wildman–Crippen MR) is 127 cm³/mol. The quantitative estimate of drug-likeness (QED) is 0.555. The van der Waals surface area contributed by atoms with Crippen LogP contribution in [0.5, 0.6) is 0 Å². The molecule has 2 aromatic heterocycles. The molecule has 2 heterocycles. The van der Waals surface area contributed by atoms with Crippen molar-refractivity contribution in [2.45, 2.75) is 51.5 Å². The van der Waals surface area contributed by atoms with Crippen molar-refractivity contribution in [3.63, 3.8) is 0 Å². The molecular formula is C25H33N5O. The van der Waals surface area contributed by atoms with E-state index in [9.17, 15) is 4.79 Å². The maximum absolute atomic E-state index is 13.6. The number of anilines is 1. The highest BCUT2D eigenvalue weighted by Gasteiger charge is 2.23. The van der Waals surface area contributed by atoms with E-state index < -0.39 is 0 Å². The van der Waals surface area contributed by atoms with E-state index in [1.54, 1.807) is 0 Å². The number of hydrogen-bond donors (Lipinski definition) is 1. The molecule has 0 radical (unpaired) electrons. The minimum Gasteiger partial charge on any atom is -0.354 e. The second kappa shape index (κ2) is 9.60. The third-order valence-electron chi connectivity index (χ3n) is 6.24.